The molecule has 3 aliphatic rings. The van der Waals surface area contributed by atoms with Crippen LogP contribution in [0.4, 0.5) is 5.69 Å². The third-order valence-electron chi connectivity index (χ3n) is 8.78. The van der Waals surface area contributed by atoms with Gasteiger partial charge in [0.2, 0.25) is 5.91 Å². The van der Waals surface area contributed by atoms with Gasteiger partial charge in [-0.1, -0.05) is 33.3 Å². The van der Waals surface area contributed by atoms with Crippen molar-refractivity contribution in [2.24, 2.45) is 23.7 Å². The van der Waals surface area contributed by atoms with Crippen LogP contribution in [0.3, 0.4) is 0 Å². The van der Waals surface area contributed by atoms with Gasteiger partial charge in [-0.25, -0.2) is 0 Å². The largest absolute Gasteiger partial charge is 0.497 e. The number of aliphatic hydroxyl groups is 1. The molecular weight excluding hydrogens is 504 g/mol. The summed E-state index contributed by atoms with van der Waals surface area (Å²) in [5, 5.41) is 10.4. The first kappa shape index (κ1) is 28.5. The number of aliphatic hydroxyl groups excluding tert-OH is 1. The number of methoxy groups -OCH3 is 1. The highest BCUT2D eigenvalue weighted by Crippen LogP contribution is 2.69. The minimum atomic E-state index is -0.836. The molecule has 0 aromatic heterocycles. The van der Waals surface area contributed by atoms with Gasteiger partial charge in [0.1, 0.15) is 11.8 Å². The molecule has 8 nitrogen and oxygen atoms in total. The average Bonchev–Trinajstić information content (AvgIpc) is 3.51. The number of benzene rings is 1. The molecule has 1 aromatic rings. The summed E-state index contributed by atoms with van der Waals surface area (Å²) in [6.45, 7) is 11.9. The fourth-order valence-corrected chi connectivity index (χ4v) is 9.17. The van der Waals surface area contributed by atoms with E-state index >= 15 is 0 Å². The molecule has 38 heavy (non-hydrogen) atoms. The second-order valence-electron chi connectivity index (χ2n) is 10.6. The second-order valence-corrected chi connectivity index (χ2v) is 12.2. The van der Waals surface area contributed by atoms with Crippen molar-refractivity contribution in [3.8, 4) is 5.75 Å². The van der Waals surface area contributed by atoms with Crippen molar-refractivity contribution in [2.45, 2.75) is 62.6 Å². The number of nitrogens with zero attached hydrogens (tertiary/aromatic N) is 2. The maximum Gasteiger partial charge on any atom is 0.310 e. The quantitative estimate of drug-likeness (QED) is 0.336. The molecule has 3 fully saturated rings. The van der Waals surface area contributed by atoms with Gasteiger partial charge in [0, 0.05) is 17.5 Å². The van der Waals surface area contributed by atoms with Gasteiger partial charge < -0.3 is 24.4 Å². The Morgan fingerprint density at radius 1 is 1.32 bits per heavy atom. The summed E-state index contributed by atoms with van der Waals surface area (Å²) in [6.07, 6.45) is 3.13. The molecule has 208 valence electrons. The van der Waals surface area contributed by atoms with E-state index in [2.05, 4.69) is 13.5 Å². The molecule has 3 heterocycles. The van der Waals surface area contributed by atoms with Gasteiger partial charge >= 0.3 is 5.97 Å². The Balaban J connectivity index is 1.86. The Morgan fingerprint density at radius 3 is 2.55 bits per heavy atom. The standard InChI is InChI=1S/C29H40N2O6S/c1-7-14-30(19-10-12-20(36-6)13-11-19)27(34)25-29-18(5)15-22(38-29)23(28(35)37-9-3)24(29)26(33)31(25)21(16-32)17(4)8-2/h7,10-13,17-18,21-25,32H,1,8-9,14-16H2,2-6H3/t17-,18?,21-,22-,23+,24-,25?,29?/m0/s1. The predicted molar refractivity (Wildman–Crippen MR) is 148 cm³/mol. The highest BCUT2D eigenvalue weighted by molar-refractivity contribution is 8.02. The lowest BCUT2D eigenvalue weighted by atomic mass is 9.66. The molecule has 8 atom stereocenters. The zero-order chi connectivity index (χ0) is 27.8. The first-order chi connectivity index (χ1) is 18.2. The smallest absolute Gasteiger partial charge is 0.310 e. The van der Waals surface area contributed by atoms with Gasteiger partial charge in [0.25, 0.3) is 5.91 Å². The summed E-state index contributed by atoms with van der Waals surface area (Å²) in [7, 11) is 1.59. The number of amides is 2. The van der Waals surface area contributed by atoms with Crippen LogP contribution in [0.25, 0.3) is 0 Å². The van der Waals surface area contributed by atoms with Gasteiger partial charge in [-0.3, -0.25) is 14.4 Å². The number of fused-ring (bicyclic) bond motifs is 1. The van der Waals surface area contributed by atoms with Crippen LogP contribution in [0.2, 0.25) is 0 Å². The molecule has 1 aromatic carbocycles. The minimum absolute atomic E-state index is 0.0220. The average molecular weight is 545 g/mol. The van der Waals surface area contributed by atoms with Crippen molar-refractivity contribution >= 4 is 35.2 Å². The van der Waals surface area contributed by atoms with Gasteiger partial charge in [0.05, 0.1) is 42.9 Å². The highest BCUT2D eigenvalue weighted by Gasteiger charge is 2.77. The minimum Gasteiger partial charge on any atom is -0.497 e. The Bertz CT molecular complexity index is 1060. The first-order valence-corrected chi connectivity index (χ1v) is 14.4. The number of anilines is 1. The van der Waals surface area contributed by atoms with Crippen molar-refractivity contribution < 1.29 is 29.0 Å². The number of rotatable bonds is 11. The maximum atomic E-state index is 14.7. The van der Waals surface area contributed by atoms with E-state index < -0.39 is 28.7 Å². The van der Waals surface area contributed by atoms with Gasteiger partial charge in [-0.2, -0.15) is 0 Å². The number of hydrogen-bond acceptors (Lipinski definition) is 7. The zero-order valence-corrected chi connectivity index (χ0v) is 23.8. The molecule has 4 rings (SSSR count). The molecular formula is C29H40N2O6S. The molecule has 2 bridgehead atoms. The third-order valence-corrected chi connectivity index (χ3v) is 10.9. The van der Waals surface area contributed by atoms with E-state index in [0.717, 1.165) is 12.8 Å². The van der Waals surface area contributed by atoms with Crippen LogP contribution in [0.1, 0.15) is 40.5 Å². The lowest BCUT2D eigenvalue weighted by Gasteiger charge is -2.43. The summed E-state index contributed by atoms with van der Waals surface area (Å²) < 4.78 is 9.95. The molecule has 0 saturated carbocycles. The normalized spacial score (nSPS) is 31.1. The van der Waals surface area contributed by atoms with Crippen molar-refractivity contribution in [2.75, 3.05) is 31.8 Å². The fraction of sp³-hybridized carbons (Fsp3) is 0.621. The van der Waals surface area contributed by atoms with E-state index in [9.17, 15) is 19.5 Å². The predicted octanol–water partition coefficient (Wildman–Crippen LogP) is 3.52. The number of carbonyl (C=O) groups is 3. The van der Waals surface area contributed by atoms with E-state index in [-0.39, 0.29) is 54.6 Å². The van der Waals surface area contributed by atoms with Gasteiger partial charge in [0.15, 0.2) is 0 Å². The van der Waals surface area contributed by atoms with Crippen LogP contribution < -0.4 is 9.64 Å². The van der Waals surface area contributed by atoms with E-state index in [4.69, 9.17) is 9.47 Å². The molecule has 2 amide bonds. The van der Waals surface area contributed by atoms with E-state index in [1.807, 2.05) is 26.0 Å². The van der Waals surface area contributed by atoms with Gasteiger partial charge in [-0.05, 0) is 49.4 Å². The van der Waals surface area contributed by atoms with Crippen molar-refractivity contribution in [1.82, 2.24) is 4.90 Å². The van der Waals surface area contributed by atoms with Crippen LogP contribution in [0.15, 0.2) is 36.9 Å². The van der Waals surface area contributed by atoms with Gasteiger partial charge in [-0.15, -0.1) is 18.3 Å². The molecule has 9 heteroatoms. The van der Waals surface area contributed by atoms with E-state index in [1.165, 1.54) is 0 Å². The van der Waals surface area contributed by atoms with Crippen molar-refractivity contribution in [3.63, 3.8) is 0 Å². The number of carbonyl (C=O) groups excluding carboxylic acids is 3. The number of esters is 1. The number of likely N-dealkylation sites (tertiary alicyclic amines) is 1. The Kier molecular flexibility index (Phi) is 8.47. The molecule has 0 aliphatic carbocycles. The Morgan fingerprint density at radius 2 is 2.00 bits per heavy atom. The molecule has 0 radical (unpaired) electrons. The SMILES string of the molecule is C=CCN(C(=O)C1N([C@@H](CO)[C@@H](C)CC)C(=O)[C@@H]2[C@H](C(=O)OCC)[C@@H]3CC(C)C12S3)c1ccc(OC)cc1. The number of ether oxygens (including phenoxy) is 2. The van der Waals surface area contributed by atoms with Crippen LogP contribution in [-0.2, 0) is 19.1 Å². The monoisotopic (exact) mass is 544 g/mol. The lowest BCUT2D eigenvalue weighted by molar-refractivity contribution is -0.154. The third kappa shape index (κ3) is 4.31. The molecule has 3 saturated heterocycles. The lowest BCUT2D eigenvalue weighted by Crippen LogP contribution is -2.60. The van der Waals surface area contributed by atoms with Crippen LogP contribution in [-0.4, -0.2) is 76.7 Å². The Hall–Kier alpha value is -2.52. The number of thioether (sulfide) groups is 1. The molecule has 1 N–H and O–H groups in total. The summed E-state index contributed by atoms with van der Waals surface area (Å²) in [5.41, 5.74) is 0.666. The van der Waals surface area contributed by atoms with Crippen molar-refractivity contribution in [1.29, 1.82) is 0 Å². The first-order valence-electron chi connectivity index (χ1n) is 13.5. The van der Waals surface area contributed by atoms with Crippen LogP contribution in [0.5, 0.6) is 5.75 Å². The highest BCUT2D eigenvalue weighted by atomic mass is 32.2. The molecule has 3 unspecified atom stereocenters. The summed E-state index contributed by atoms with van der Waals surface area (Å²) in [6, 6.07) is 5.85. The fourth-order valence-electron chi connectivity index (χ4n) is 6.78. The topological polar surface area (TPSA) is 96.4 Å². The summed E-state index contributed by atoms with van der Waals surface area (Å²) >= 11 is 1.61. The summed E-state index contributed by atoms with van der Waals surface area (Å²) in [4.78, 5) is 45.5. The maximum absolute atomic E-state index is 14.7. The zero-order valence-electron chi connectivity index (χ0n) is 23.0. The van der Waals surface area contributed by atoms with E-state index in [0.29, 0.717) is 11.4 Å². The molecule has 3 aliphatic heterocycles. The molecule has 1 spiro atoms. The van der Waals surface area contributed by atoms with Crippen LogP contribution in [0, 0.1) is 23.7 Å². The summed E-state index contributed by atoms with van der Waals surface area (Å²) in [5.74, 6) is -1.44. The van der Waals surface area contributed by atoms with E-state index in [1.54, 1.807) is 53.8 Å². The number of hydrogen-bond donors (Lipinski definition) is 1. The second kappa shape index (κ2) is 11.3. The van der Waals surface area contributed by atoms with Crippen LogP contribution >= 0.6 is 11.8 Å². The van der Waals surface area contributed by atoms with Crippen molar-refractivity contribution in [3.05, 3.63) is 36.9 Å². The Labute approximate surface area is 229 Å².